The number of carbonyl (C=O) groups excluding carboxylic acids is 1. The van der Waals surface area contributed by atoms with Crippen molar-refractivity contribution in [1.82, 2.24) is 0 Å². The first-order chi connectivity index (χ1) is 5.65. The molecule has 1 radical (unpaired) electrons. The van der Waals surface area contributed by atoms with Crippen LogP contribution in [0.4, 0.5) is 0 Å². The summed E-state index contributed by atoms with van der Waals surface area (Å²) in [6, 6.07) is 0. The zero-order chi connectivity index (χ0) is 9.14. The van der Waals surface area contributed by atoms with Crippen molar-refractivity contribution in [2.24, 2.45) is 0 Å². The minimum atomic E-state index is -0.953. The monoisotopic (exact) mass is 175 g/mol. The second-order valence-electron chi connectivity index (χ2n) is 2.56. The lowest BCUT2D eigenvalue weighted by molar-refractivity contribution is -0.153. The third-order valence-corrected chi connectivity index (χ3v) is 1.58. The van der Waals surface area contributed by atoms with Gasteiger partial charge in [-0.05, 0) is 0 Å². The zero-order valence-corrected chi connectivity index (χ0v) is 6.64. The minimum absolute atomic E-state index is 0.286. The van der Waals surface area contributed by atoms with Gasteiger partial charge in [-0.3, -0.25) is 4.79 Å². The lowest BCUT2D eigenvalue weighted by Gasteiger charge is -2.17. The average molecular weight is 175 g/mol. The van der Waals surface area contributed by atoms with Gasteiger partial charge in [-0.15, -0.1) is 0 Å². The van der Waals surface area contributed by atoms with Gasteiger partial charge < -0.3 is 19.7 Å². The molecule has 5 heteroatoms. The molecule has 69 valence electrons. The molecule has 1 saturated heterocycles. The molecule has 1 heterocycles. The molecule has 0 spiro atoms. The summed E-state index contributed by atoms with van der Waals surface area (Å²) >= 11 is 0. The summed E-state index contributed by atoms with van der Waals surface area (Å²) < 4.78 is 9.55. The van der Waals surface area contributed by atoms with Gasteiger partial charge in [-0.25, -0.2) is 0 Å². The van der Waals surface area contributed by atoms with E-state index in [1.54, 1.807) is 0 Å². The van der Waals surface area contributed by atoms with Crippen LogP contribution >= 0.6 is 0 Å². The van der Waals surface area contributed by atoms with E-state index in [4.69, 9.17) is 14.6 Å². The molecule has 1 aliphatic rings. The second-order valence-corrected chi connectivity index (χ2v) is 2.56. The van der Waals surface area contributed by atoms with Crippen molar-refractivity contribution in [3.8, 4) is 0 Å². The van der Waals surface area contributed by atoms with Gasteiger partial charge in [-0.2, -0.15) is 0 Å². The van der Waals surface area contributed by atoms with E-state index >= 15 is 0 Å². The Morgan fingerprint density at radius 3 is 2.92 bits per heavy atom. The second kappa shape index (κ2) is 3.84. The Kier molecular flexibility index (Phi) is 3.02. The number of aliphatic hydroxyl groups is 2. The quantitative estimate of drug-likeness (QED) is 0.517. The van der Waals surface area contributed by atoms with Gasteiger partial charge in [-0.1, -0.05) is 0 Å². The fourth-order valence-electron chi connectivity index (χ4n) is 1.04. The molecule has 3 atom stereocenters. The fourth-order valence-corrected chi connectivity index (χ4v) is 1.04. The molecule has 1 aliphatic heterocycles. The van der Waals surface area contributed by atoms with E-state index in [-0.39, 0.29) is 6.61 Å². The maximum absolute atomic E-state index is 10.5. The molecule has 0 aromatic heterocycles. The van der Waals surface area contributed by atoms with Gasteiger partial charge in [0.2, 0.25) is 0 Å². The van der Waals surface area contributed by atoms with E-state index in [1.165, 1.54) is 6.92 Å². The normalized spacial score (nSPS) is 35.1. The van der Waals surface area contributed by atoms with E-state index < -0.39 is 24.3 Å². The molecule has 0 bridgehead atoms. The van der Waals surface area contributed by atoms with Gasteiger partial charge in [0, 0.05) is 6.92 Å². The summed E-state index contributed by atoms with van der Waals surface area (Å²) in [7, 11) is 0. The number of esters is 1. The largest absolute Gasteiger partial charge is 0.457 e. The van der Waals surface area contributed by atoms with Crippen LogP contribution in [0, 0.1) is 6.61 Å². The molecular formula is C7H11O5. The number of hydrogen-bond donors (Lipinski definition) is 2. The Labute approximate surface area is 69.9 Å². The topological polar surface area (TPSA) is 76.0 Å². The Hall–Kier alpha value is -0.650. The molecule has 0 saturated carbocycles. The van der Waals surface area contributed by atoms with Gasteiger partial charge in [0.05, 0.1) is 6.61 Å². The number of aliphatic hydroxyl groups excluding tert-OH is 2. The predicted octanol–water partition coefficient (Wildman–Crippen LogP) is -1.17. The summed E-state index contributed by atoms with van der Waals surface area (Å²) in [4.78, 5) is 10.5. The fraction of sp³-hybridized carbons (Fsp3) is 0.714. The van der Waals surface area contributed by atoms with E-state index in [0.29, 0.717) is 0 Å². The van der Waals surface area contributed by atoms with Crippen molar-refractivity contribution in [1.29, 1.82) is 0 Å². The third-order valence-electron chi connectivity index (χ3n) is 1.58. The summed E-state index contributed by atoms with van der Waals surface area (Å²) in [5.41, 5.74) is 0. The summed E-state index contributed by atoms with van der Waals surface area (Å²) in [5.74, 6) is -0.503. The highest BCUT2D eigenvalue weighted by Gasteiger charge is 2.38. The summed E-state index contributed by atoms with van der Waals surface area (Å²) in [6.07, 6.45) is -2.39. The smallest absolute Gasteiger partial charge is 0.303 e. The molecule has 0 unspecified atom stereocenters. The minimum Gasteiger partial charge on any atom is -0.457 e. The molecule has 2 N–H and O–H groups in total. The van der Waals surface area contributed by atoms with Crippen molar-refractivity contribution in [2.75, 3.05) is 6.61 Å². The first-order valence-corrected chi connectivity index (χ1v) is 3.60. The third kappa shape index (κ3) is 1.94. The van der Waals surface area contributed by atoms with Crippen LogP contribution in [0.2, 0.25) is 0 Å². The lowest BCUT2D eigenvalue weighted by Crippen LogP contribution is -2.36. The molecular weight excluding hydrogens is 164 g/mol. The van der Waals surface area contributed by atoms with E-state index in [0.717, 1.165) is 6.61 Å². The van der Waals surface area contributed by atoms with Crippen LogP contribution in [-0.4, -0.2) is 41.1 Å². The molecule has 1 rings (SSSR count). The first-order valence-electron chi connectivity index (χ1n) is 3.60. The van der Waals surface area contributed by atoms with Crippen molar-refractivity contribution >= 4 is 5.97 Å². The Morgan fingerprint density at radius 1 is 1.75 bits per heavy atom. The lowest BCUT2D eigenvalue weighted by atomic mass is 10.1. The van der Waals surface area contributed by atoms with E-state index in [1.807, 2.05) is 0 Å². The highest BCUT2D eigenvalue weighted by Crippen LogP contribution is 2.20. The van der Waals surface area contributed by atoms with Crippen molar-refractivity contribution in [3.05, 3.63) is 6.61 Å². The SMILES string of the molecule is CC(=O)O[C@@H]1[C@H](O)[CH]O[C@@H]1CO. The molecule has 1 fully saturated rings. The van der Waals surface area contributed by atoms with Gasteiger partial charge >= 0.3 is 5.97 Å². The number of ether oxygens (including phenoxy) is 2. The highest BCUT2D eigenvalue weighted by atomic mass is 16.6. The van der Waals surface area contributed by atoms with E-state index in [9.17, 15) is 9.90 Å². The van der Waals surface area contributed by atoms with Crippen LogP contribution in [-0.2, 0) is 14.3 Å². The van der Waals surface area contributed by atoms with Crippen LogP contribution < -0.4 is 0 Å². The molecule has 0 aromatic carbocycles. The Balaban J connectivity index is 2.51. The number of rotatable bonds is 2. The van der Waals surface area contributed by atoms with E-state index in [2.05, 4.69) is 0 Å². The first kappa shape index (κ1) is 9.44. The highest BCUT2D eigenvalue weighted by molar-refractivity contribution is 5.66. The van der Waals surface area contributed by atoms with Crippen molar-refractivity contribution in [2.45, 2.75) is 25.2 Å². The predicted molar refractivity (Wildman–Crippen MR) is 37.8 cm³/mol. The standard InChI is InChI=1S/C7H11O5/c1-4(9)12-7-5(10)3-11-6(7)2-8/h3,5-8,10H,2H2,1H3/t5-,6-,7-/m1/s1. The molecule has 12 heavy (non-hydrogen) atoms. The number of carbonyl (C=O) groups is 1. The van der Waals surface area contributed by atoms with Gasteiger partial charge in [0.15, 0.2) is 6.10 Å². The Bertz CT molecular complexity index is 169. The van der Waals surface area contributed by atoms with Crippen LogP contribution in [0.15, 0.2) is 0 Å². The molecule has 0 aromatic rings. The average Bonchev–Trinajstić information content (AvgIpc) is 2.32. The number of hydrogen-bond acceptors (Lipinski definition) is 5. The van der Waals surface area contributed by atoms with Crippen LogP contribution in [0.1, 0.15) is 6.92 Å². The maximum Gasteiger partial charge on any atom is 0.303 e. The Morgan fingerprint density at radius 2 is 2.42 bits per heavy atom. The van der Waals surface area contributed by atoms with Gasteiger partial charge in [0.1, 0.15) is 18.8 Å². The molecule has 0 aliphatic carbocycles. The summed E-state index contributed by atoms with van der Waals surface area (Å²) in [5, 5.41) is 17.9. The van der Waals surface area contributed by atoms with Crippen molar-refractivity contribution in [3.63, 3.8) is 0 Å². The van der Waals surface area contributed by atoms with Crippen LogP contribution in [0.3, 0.4) is 0 Å². The van der Waals surface area contributed by atoms with Crippen LogP contribution in [0.5, 0.6) is 0 Å². The summed E-state index contributed by atoms with van der Waals surface area (Å²) in [6.45, 7) is 2.10. The maximum atomic E-state index is 10.5. The van der Waals surface area contributed by atoms with Crippen LogP contribution in [0.25, 0.3) is 0 Å². The molecule has 0 amide bonds. The zero-order valence-electron chi connectivity index (χ0n) is 6.64. The van der Waals surface area contributed by atoms with Gasteiger partial charge in [0.25, 0.3) is 0 Å². The molecule has 5 nitrogen and oxygen atoms in total. The van der Waals surface area contributed by atoms with Crippen molar-refractivity contribution < 1.29 is 24.5 Å².